The molecule has 0 saturated carbocycles. The van der Waals surface area contributed by atoms with Crippen LogP contribution in [0.3, 0.4) is 0 Å². The smallest absolute Gasteiger partial charge is 0.295 e. The van der Waals surface area contributed by atoms with Gasteiger partial charge in [0.2, 0.25) is 0 Å². The van der Waals surface area contributed by atoms with Gasteiger partial charge in [-0.25, -0.2) is 0 Å². The quantitative estimate of drug-likeness (QED) is 0.515. The van der Waals surface area contributed by atoms with E-state index in [1.54, 1.807) is 43.5 Å². The third-order valence-corrected chi connectivity index (χ3v) is 3.80. The molecule has 0 aliphatic rings. The van der Waals surface area contributed by atoms with Gasteiger partial charge in [-0.2, -0.15) is 8.42 Å². The molecule has 2 aromatic rings. The molecule has 0 amide bonds. The fraction of sp³-hybridized carbons (Fsp3) is 0.0667. The maximum absolute atomic E-state index is 11.4. The minimum absolute atomic E-state index is 0.215. The molecule has 2 aromatic carbocycles. The third-order valence-electron chi connectivity index (χ3n) is 2.89. The number of ether oxygens (including phenoxy) is 1. The van der Waals surface area contributed by atoms with E-state index in [1.165, 1.54) is 6.07 Å². The highest BCUT2D eigenvalue weighted by molar-refractivity contribution is 7.86. The second-order valence-corrected chi connectivity index (χ2v) is 5.77. The Balaban J connectivity index is 2.36. The summed E-state index contributed by atoms with van der Waals surface area (Å²) >= 11 is 0. The van der Waals surface area contributed by atoms with Crippen LogP contribution in [0.1, 0.15) is 11.1 Å². The molecule has 0 aliphatic carbocycles. The predicted molar refractivity (Wildman–Crippen MR) is 82.6 cm³/mol. The van der Waals surface area contributed by atoms with E-state index in [-0.39, 0.29) is 10.6 Å². The van der Waals surface area contributed by atoms with Gasteiger partial charge in [0.15, 0.2) is 0 Å². The summed E-state index contributed by atoms with van der Waals surface area (Å²) in [5, 5.41) is 0. The van der Waals surface area contributed by atoms with Crippen molar-refractivity contribution in [2.24, 2.45) is 0 Å². The molecular formula is C15H15NO4S. The van der Waals surface area contributed by atoms with Crippen LogP contribution in [0, 0.1) is 0 Å². The van der Waals surface area contributed by atoms with E-state index in [2.05, 4.69) is 0 Å². The molecule has 0 saturated heterocycles. The van der Waals surface area contributed by atoms with Crippen LogP contribution in [-0.4, -0.2) is 20.1 Å². The van der Waals surface area contributed by atoms with Crippen molar-refractivity contribution in [1.82, 2.24) is 0 Å². The Bertz CT molecular complexity index is 765. The maximum atomic E-state index is 11.4. The van der Waals surface area contributed by atoms with E-state index in [1.807, 2.05) is 12.1 Å². The van der Waals surface area contributed by atoms with Gasteiger partial charge >= 0.3 is 0 Å². The molecular weight excluding hydrogens is 290 g/mol. The molecule has 0 fully saturated rings. The summed E-state index contributed by atoms with van der Waals surface area (Å²) in [5.74, 6) is 0.734. The van der Waals surface area contributed by atoms with Crippen LogP contribution in [0.2, 0.25) is 0 Å². The molecule has 3 N–H and O–H groups in total. The fourth-order valence-corrected chi connectivity index (χ4v) is 2.53. The molecule has 21 heavy (non-hydrogen) atoms. The van der Waals surface area contributed by atoms with Gasteiger partial charge in [0.1, 0.15) is 10.6 Å². The number of nitrogen functional groups attached to an aromatic ring is 1. The van der Waals surface area contributed by atoms with Gasteiger partial charge in [0.05, 0.1) is 7.11 Å². The third kappa shape index (κ3) is 3.84. The Morgan fingerprint density at radius 3 is 2.33 bits per heavy atom. The number of benzene rings is 2. The molecule has 110 valence electrons. The molecule has 0 radical (unpaired) electrons. The molecule has 5 nitrogen and oxygen atoms in total. The average Bonchev–Trinajstić information content (AvgIpc) is 2.45. The van der Waals surface area contributed by atoms with E-state index >= 15 is 0 Å². The standard InChI is InChI=1S/C15H15NO4S/c1-20-14-8-3-11(4-9-14)2-5-12-6-7-13(16)10-15(12)21(17,18)19/h2-10H,16H2,1H3,(H,17,18,19)/b5-2+. The normalized spacial score (nSPS) is 11.7. The Morgan fingerprint density at radius 2 is 1.76 bits per heavy atom. The predicted octanol–water partition coefficient (Wildman–Crippen LogP) is 2.69. The van der Waals surface area contributed by atoms with Crippen LogP contribution in [-0.2, 0) is 10.1 Å². The van der Waals surface area contributed by atoms with Crippen LogP contribution in [0.5, 0.6) is 5.75 Å². The number of anilines is 1. The summed E-state index contributed by atoms with van der Waals surface area (Å²) in [6.07, 6.45) is 3.34. The maximum Gasteiger partial charge on any atom is 0.295 e. The van der Waals surface area contributed by atoms with Gasteiger partial charge in [0.25, 0.3) is 10.1 Å². The molecule has 0 aromatic heterocycles. The van der Waals surface area contributed by atoms with Crippen LogP contribution in [0.25, 0.3) is 12.2 Å². The molecule has 0 aliphatic heterocycles. The minimum atomic E-state index is -4.32. The van der Waals surface area contributed by atoms with Gasteiger partial charge in [-0.3, -0.25) is 4.55 Å². The van der Waals surface area contributed by atoms with Crippen molar-refractivity contribution in [2.45, 2.75) is 4.90 Å². The number of hydrogen-bond acceptors (Lipinski definition) is 4. The second kappa shape index (κ2) is 5.99. The number of rotatable bonds is 4. The zero-order valence-electron chi connectivity index (χ0n) is 11.4. The number of nitrogens with two attached hydrogens (primary N) is 1. The van der Waals surface area contributed by atoms with Gasteiger partial charge in [-0.05, 0) is 35.4 Å². The Kier molecular flexibility index (Phi) is 4.30. The molecule has 2 rings (SSSR count). The lowest BCUT2D eigenvalue weighted by molar-refractivity contribution is 0.415. The molecule has 0 unspecified atom stereocenters. The Hall–Kier alpha value is -2.31. The molecule has 6 heteroatoms. The van der Waals surface area contributed by atoms with E-state index in [4.69, 9.17) is 10.5 Å². The van der Waals surface area contributed by atoms with Crippen molar-refractivity contribution >= 4 is 28.0 Å². The van der Waals surface area contributed by atoms with Crippen LogP contribution < -0.4 is 10.5 Å². The Labute approximate surface area is 123 Å². The van der Waals surface area contributed by atoms with Crippen molar-refractivity contribution in [3.63, 3.8) is 0 Å². The van der Waals surface area contributed by atoms with Crippen molar-refractivity contribution in [1.29, 1.82) is 0 Å². The SMILES string of the molecule is COc1ccc(/C=C/c2ccc(N)cc2S(=O)(=O)O)cc1. The minimum Gasteiger partial charge on any atom is -0.497 e. The summed E-state index contributed by atoms with van der Waals surface area (Å²) in [7, 11) is -2.74. The summed E-state index contributed by atoms with van der Waals surface area (Å²) in [5.41, 5.74) is 7.05. The average molecular weight is 305 g/mol. The summed E-state index contributed by atoms with van der Waals surface area (Å²) in [6.45, 7) is 0. The first-order valence-electron chi connectivity index (χ1n) is 6.09. The van der Waals surface area contributed by atoms with Crippen LogP contribution in [0.4, 0.5) is 5.69 Å². The fourth-order valence-electron chi connectivity index (χ4n) is 1.81. The van der Waals surface area contributed by atoms with Gasteiger partial charge in [-0.15, -0.1) is 0 Å². The highest BCUT2D eigenvalue weighted by atomic mass is 32.2. The highest BCUT2D eigenvalue weighted by Crippen LogP contribution is 2.21. The highest BCUT2D eigenvalue weighted by Gasteiger charge is 2.14. The van der Waals surface area contributed by atoms with Gasteiger partial charge in [0, 0.05) is 5.69 Å². The van der Waals surface area contributed by atoms with Crippen LogP contribution in [0.15, 0.2) is 47.4 Å². The monoisotopic (exact) mass is 305 g/mol. The van der Waals surface area contributed by atoms with E-state index < -0.39 is 10.1 Å². The van der Waals surface area contributed by atoms with Gasteiger partial charge in [-0.1, -0.05) is 30.4 Å². The van der Waals surface area contributed by atoms with Crippen molar-refractivity contribution in [3.05, 3.63) is 53.6 Å². The first-order chi connectivity index (χ1) is 9.90. The van der Waals surface area contributed by atoms with E-state index in [9.17, 15) is 13.0 Å². The zero-order chi connectivity index (χ0) is 15.5. The van der Waals surface area contributed by atoms with E-state index in [0.29, 0.717) is 5.56 Å². The lowest BCUT2D eigenvalue weighted by Crippen LogP contribution is -2.02. The topological polar surface area (TPSA) is 89.6 Å². The number of methoxy groups -OCH3 is 1. The lowest BCUT2D eigenvalue weighted by Gasteiger charge is -2.04. The first-order valence-corrected chi connectivity index (χ1v) is 7.53. The molecule has 0 bridgehead atoms. The van der Waals surface area contributed by atoms with Gasteiger partial charge < -0.3 is 10.5 Å². The number of hydrogen-bond donors (Lipinski definition) is 2. The molecule has 0 atom stereocenters. The summed E-state index contributed by atoms with van der Waals surface area (Å²) in [6, 6.07) is 11.6. The summed E-state index contributed by atoms with van der Waals surface area (Å²) in [4.78, 5) is -0.215. The first kappa shape index (κ1) is 15.1. The van der Waals surface area contributed by atoms with Crippen molar-refractivity contribution in [2.75, 3.05) is 12.8 Å². The summed E-state index contributed by atoms with van der Waals surface area (Å²) < 4.78 is 37.0. The van der Waals surface area contributed by atoms with Crippen molar-refractivity contribution < 1.29 is 17.7 Å². The zero-order valence-corrected chi connectivity index (χ0v) is 12.2. The molecule has 0 spiro atoms. The second-order valence-electron chi connectivity index (χ2n) is 4.38. The molecule has 0 heterocycles. The van der Waals surface area contributed by atoms with E-state index in [0.717, 1.165) is 11.3 Å². The lowest BCUT2D eigenvalue weighted by atomic mass is 10.1. The van der Waals surface area contributed by atoms with Crippen LogP contribution >= 0.6 is 0 Å². The largest absolute Gasteiger partial charge is 0.497 e. The Morgan fingerprint density at radius 1 is 1.10 bits per heavy atom. The van der Waals surface area contributed by atoms with Crippen molar-refractivity contribution in [3.8, 4) is 5.75 Å².